The van der Waals surface area contributed by atoms with E-state index in [0.29, 0.717) is 5.57 Å². The van der Waals surface area contributed by atoms with Gasteiger partial charge in [0, 0.05) is 5.69 Å². The first kappa shape index (κ1) is 14.6. The third kappa shape index (κ3) is 2.98. The van der Waals surface area contributed by atoms with Crippen LogP contribution in [0.5, 0.6) is 0 Å². The highest BCUT2D eigenvalue weighted by molar-refractivity contribution is 8.02. The molecule has 0 amide bonds. The summed E-state index contributed by atoms with van der Waals surface area (Å²) in [5.74, 6) is 0. The summed E-state index contributed by atoms with van der Waals surface area (Å²) in [6, 6.07) is 20.1. The van der Waals surface area contributed by atoms with Crippen molar-refractivity contribution in [2.24, 2.45) is 0 Å². The molecule has 3 rings (SSSR count). The Balaban J connectivity index is 2.04. The Kier molecular flexibility index (Phi) is 4.42. The Hall–Kier alpha value is -2.29. The highest BCUT2D eigenvalue weighted by Crippen LogP contribution is 2.31. The molecule has 1 N–H and O–H groups in total. The lowest BCUT2D eigenvalue weighted by Gasteiger charge is -2.09. The fourth-order valence-corrected chi connectivity index (χ4v) is 3.64. The molecule has 108 valence electrons. The van der Waals surface area contributed by atoms with Crippen molar-refractivity contribution in [3.05, 3.63) is 64.6 Å². The molecule has 0 saturated heterocycles. The van der Waals surface area contributed by atoms with Crippen LogP contribution in [-0.4, -0.2) is 11.2 Å². The summed E-state index contributed by atoms with van der Waals surface area (Å²) < 4.78 is 1.09. The highest BCUT2D eigenvalue weighted by atomic mass is 32.2. The Bertz CT molecular complexity index is 827. The van der Waals surface area contributed by atoms with Crippen LogP contribution in [0.2, 0.25) is 0 Å². The van der Waals surface area contributed by atoms with Crippen molar-refractivity contribution < 1.29 is 0 Å². The van der Waals surface area contributed by atoms with E-state index in [0.717, 1.165) is 25.9 Å². The number of anilines is 1. The van der Waals surface area contributed by atoms with Crippen molar-refractivity contribution in [1.29, 1.82) is 5.26 Å². The molecule has 2 aromatic carbocycles. The number of para-hydroxylation sites is 2. The first-order chi connectivity index (χ1) is 10.8. The van der Waals surface area contributed by atoms with Gasteiger partial charge in [-0.1, -0.05) is 30.3 Å². The Morgan fingerprint density at radius 1 is 1.14 bits per heavy atom. The maximum atomic E-state index is 9.59. The zero-order chi connectivity index (χ0) is 15.4. The zero-order valence-electron chi connectivity index (χ0n) is 11.9. The van der Waals surface area contributed by atoms with Gasteiger partial charge in [-0.05, 0) is 30.5 Å². The van der Waals surface area contributed by atoms with E-state index in [1.807, 2.05) is 60.9 Å². The number of nitrogens with one attached hydrogen (secondary N) is 1. The lowest BCUT2D eigenvalue weighted by Crippen LogP contribution is -1.99. The molecule has 0 saturated carbocycles. The van der Waals surface area contributed by atoms with E-state index < -0.39 is 0 Å². The molecule has 0 bridgehead atoms. The summed E-state index contributed by atoms with van der Waals surface area (Å²) in [6.45, 7) is 0. The first-order valence-corrected chi connectivity index (χ1v) is 8.72. The van der Waals surface area contributed by atoms with E-state index in [9.17, 15) is 5.26 Å². The number of nitriles is 1. The number of rotatable bonds is 4. The normalized spacial score (nSPS) is 11.8. The van der Waals surface area contributed by atoms with Crippen molar-refractivity contribution in [1.82, 2.24) is 4.98 Å². The van der Waals surface area contributed by atoms with Crippen molar-refractivity contribution in [3.63, 3.8) is 0 Å². The minimum Gasteiger partial charge on any atom is -0.349 e. The smallest absolute Gasteiger partial charge is 0.137 e. The van der Waals surface area contributed by atoms with E-state index in [1.165, 1.54) is 23.1 Å². The number of hydrogen-bond donors (Lipinski definition) is 1. The van der Waals surface area contributed by atoms with Crippen LogP contribution in [0.4, 0.5) is 5.69 Å². The van der Waals surface area contributed by atoms with Gasteiger partial charge in [-0.2, -0.15) is 5.26 Å². The van der Waals surface area contributed by atoms with E-state index in [2.05, 4.69) is 16.4 Å². The van der Waals surface area contributed by atoms with Gasteiger partial charge < -0.3 is 5.32 Å². The van der Waals surface area contributed by atoms with E-state index in [4.69, 9.17) is 0 Å². The fourth-order valence-electron chi connectivity index (χ4n) is 2.04. The second kappa shape index (κ2) is 6.65. The molecule has 0 aliphatic carbocycles. The number of thiazole rings is 1. The summed E-state index contributed by atoms with van der Waals surface area (Å²) in [5, 5.41) is 14.5. The number of aromatic nitrogens is 1. The second-order valence-electron chi connectivity index (χ2n) is 4.50. The molecule has 1 heterocycles. The summed E-state index contributed by atoms with van der Waals surface area (Å²) in [4.78, 5) is 4.58. The number of fused-ring (bicyclic) bond motifs is 1. The maximum absolute atomic E-state index is 9.59. The number of benzene rings is 2. The summed E-state index contributed by atoms with van der Waals surface area (Å²) in [6.07, 6.45) is 1.95. The molecule has 0 fully saturated rings. The summed E-state index contributed by atoms with van der Waals surface area (Å²) >= 11 is 3.05. The molecule has 0 atom stereocenters. The van der Waals surface area contributed by atoms with Gasteiger partial charge in [0.05, 0.1) is 15.2 Å². The van der Waals surface area contributed by atoms with Gasteiger partial charge in [0.15, 0.2) is 0 Å². The minimum absolute atomic E-state index is 0.581. The van der Waals surface area contributed by atoms with Crippen LogP contribution in [0.1, 0.15) is 5.01 Å². The summed E-state index contributed by atoms with van der Waals surface area (Å²) in [7, 11) is 0. The van der Waals surface area contributed by atoms with Crippen molar-refractivity contribution in [2.45, 2.75) is 0 Å². The van der Waals surface area contributed by atoms with Crippen LogP contribution in [0, 0.1) is 11.3 Å². The molecule has 5 heteroatoms. The number of thioether (sulfide) groups is 1. The zero-order valence-corrected chi connectivity index (χ0v) is 13.5. The van der Waals surface area contributed by atoms with Crippen molar-refractivity contribution in [3.8, 4) is 6.07 Å². The van der Waals surface area contributed by atoms with Gasteiger partial charge in [-0.25, -0.2) is 4.98 Å². The van der Waals surface area contributed by atoms with E-state index in [-0.39, 0.29) is 0 Å². The predicted octanol–water partition coefficient (Wildman–Crippen LogP) is 4.96. The van der Waals surface area contributed by atoms with Gasteiger partial charge in [0.25, 0.3) is 0 Å². The largest absolute Gasteiger partial charge is 0.349 e. The monoisotopic (exact) mass is 323 g/mol. The Morgan fingerprint density at radius 3 is 2.55 bits per heavy atom. The van der Waals surface area contributed by atoms with E-state index >= 15 is 0 Å². The van der Waals surface area contributed by atoms with Crippen LogP contribution in [0.25, 0.3) is 15.8 Å². The topological polar surface area (TPSA) is 48.7 Å². The van der Waals surface area contributed by atoms with Gasteiger partial charge in [0.2, 0.25) is 0 Å². The third-order valence-electron chi connectivity index (χ3n) is 3.08. The average molecular weight is 323 g/mol. The number of allylic oxidation sites excluding steroid dienone is 1. The average Bonchev–Trinajstić information content (AvgIpc) is 2.99. The van der Waals surface area contributed by atoms with E-state index in [1.54, 1.807) is 0 Å². The molecule has 3 aromatic rings. The second-order valence-corrected chi connectivity index (χ2v) is 6.34. The third-order valence-corrected chi connectivity index (χ3v) is 4.85. The molecule has 0 radical (unpaired) electrons. The van der Waals surface area contributed by atoms with Crippen LogP contribution in [0.3, 0.4) is 0 Å². The number of hydrogen-bond acceptors (Lipinski definition) is 5. The molecular formula is C17H13N3S2. The van der Waals surface area contributed by atoms with Crippen LogP contribution >= 0.6 is 23.1 Å². The summed E-state index contributed by atoms with van der Waals surface area (Å²) in [5.41, 5.74) is 2.47. The van der Waals surface area contributed by atoms with Crippen molar-refractivity contribution in [2.75, 3.05) is 11.6 Å². The molecule has 0 aliphatic heterocycles. The Morgan fingerprint density at radius 2 is 1.86 bits per heavy atom. The standard InChI is InChI=1S/C17H13N3S2/c1-21-16(19-12-7-3-2-4-8-12)13(11-18)17-20-14-9-5-6-10-15(14)22-17/h2-10,19H,1H3. The SMILES string of the molecule is CSC(Nc1ccccc1)=C(C#N)c1nc2ccccc2s1. The predicted molar refractivity (Wildman–Crippen MR) is 95.7 cm³/mol. The minimum atomic E-state index is 0.581. The molecule has 1 aromatic heterocycles. The van der Waals surface area contributed by atoms with Gasteiger partial charge in [0.1, 0.15) is 16.6 Å². The fraction of sp³-hybridized carbons (Fsp3) is 0.0588. The van der Waals surface area contributed by atoms with Crippen LogP contribution in [-0.2, 0) is 0 Å². The van der Waals surface area contributed by atoms with Gasteiger partial charge in [-0.15, -0.1) is 23.1 Å². The molecule has 0 aliphatic rings. The molecule has 3 nitrogen and oxygen atoms in total. The number of nitrogens with zero attached hydrogens (tertiary/aromatic N) is 2. The van der Waals surface area contributed by atoms with Crippen LogP contribution < -0.4 is 5.32 Å². The quantitative estimate of drug-likeness (QED) is 0.689. The molecule has 0 unspecified atom stereocenters. The maximum Gasteiger partial charge on any atom is 0.137 e. The molecule has 22 heavy (non-hydrogen) atoms. The van der Waals surface area contributed by atoms with Crippen LogP contribution in [0.15, 0.2) is 59.6 Å². The van der Waals surface area contributed by atoms with Crippen molar-refractivity contribution >= 4 is 44.6 Å². The first-order valence-electron chi connectivity index (χ1n) is 6.68. The Labute approximate surface area is 137 Å². The lowest BCUT2D eigenvalue weighted by atomic mass is 10.3. The van der Waals surface area contributed by atoms with Gasteiger partial charge >= 0.3 is 0 Å². The van der Waals surface area contributed by atoms with Gasteiger partial charge in [-0.3, -0.25) is 0 Å². The lowest BCUT2D eigenvalue weighted by molar-refractivity contribution is 1.42. The molecular weight excluding hydrogens is 310 g/mol. The molecule has 0 spiro atoms. The highest BCUT2D eigenvalue weighted by Gasteiger charge is 2.14.